The molecule has 2 N–H and O–H groups in total. The van der Waals surface area contributed by atoms with Crippen LogP contribution in [0.25, 0.3) is 0 Å². The molecule has 1 aliphatic rings. The Bertz CT molecular complexity index is 290. The average Bonchev–Trinajstić information content (AvgIpc) is 2.54. The van der Waals surface area contributed by atoms with Crippen LogP contribution in [0.2, 0.25) is 0 Å². The van der Waals surface area contributed by atoms with Gasteiger partial charge in [-0.3, -0.25) is 9.89 Å². The molecule has 1 saturated heterocycles. The third-order valence-electron chi connectivity index (χ3n) is 4.34. The molecule has 0 saturated carbocycles. The largest absolute Gasteiger partial charge is 0.356 e. The van der Waals surface area contributed by atoms with Crippen LogP contribution < -0.4 is 10.6 Å². The molecule has 1 aliphatic heterocycles. The molecule has 0 bridgehead atoms. The summed E-state index contributed by atoms with van der Waals surface area (Å²) in [6, 6.07) is 0.554. The lowest BCUT2D eigenvalue weighted by molar-refractivity contribution is 0.107. The van der Waals surface area contributed by atoms with Gasteiger partial charge in [-0.15, -0.1) is 24.0 Å². The van der Waals surface area contributed by atoms with E-state index in [-0.39, 0.29) is 24.0 Å². The summed E-state index contributed by atoms with van der Waals surface area (Å²) in [4.78, 5) is 9.39. The second-order valence-corrected chi connectivity index (χ2v) is 5.91. The number of rotatable bonds is 8. The van der Waals surface area contributed by atoms with Crippen molar-refractivity contribution in [1.82, 2.24) is 20.4 Å². The summed E-state index contributed by atoms with van der Waals surface area (Å²) in [6.07, 6.45) is 3.75. The summed E-state index contributed by atoms with van der Waals surface area (Å²) < 4.78 is 0. The number of halogens is 1. The lowest BCUT2D eigenvalue weighted by Gasteiger charge is -2.37. The van der Waals surface area contributed by atoms with Gasteiger partial charge in [0.15, 0.2) is 5.96 Å². The molecule has 132 valence electrons. The molecule has 0 aliphatic carbocycles. The van der Waals surface area contributed by atoms with Crippen LogP contribution in [0.5, 0.6) is 0 Å². The van der Waals surface area contributed by atoms with Gasteiger partial charge in [0.2, 0.25) is 0 Å². The number of hydrogen-bond acceptors (Lipinski definition) is 3. The molecular formula is C16H36IN5. The Morgan fingerprint density at radius 2 is 1.77 bits per heavy atom. The summed E-state index contributed by atoms with van der Waals surface area (Å²) in [5.41, 5.74) is 0. The molecule has 1 fully saturated rings. The zero-order valence-electron chi connectivity index (χ0n) is 14.9. The average molecular weight is 425 g/mol. The van der Waals surface area contributed by atoms with Crippen LogP contribution in [-0.4, -0.2) is 74.7 Å². The van der Waals surface area contributed by atoms with Crippen LogP contribution in [0.1, 0.15) is 40.0 Å². The number of nitrogens with zero attached hydrogens (tertiary/aromatic N) is 3. The molecule has 1 rings (SSSR count). The Hall–Kier alpha value is -0.0800. The Morgan fingerprint density at radius 3 is 2.32 bits per heavy atom. The number of piperazine rings is 1. The third kappa shape index (κ3) is 8.53. The number of nitrogens with one attached hydrogen (secondary N) is 2. The van der Waals surface area contributed by atoms with E-state index in [9.17, 15) is 0 Å². The standard InChI is InChI=1S/C16H35N5.HI/c1-5-7-8-9-18-16(17-4)19-14-15(3)21-12-10-20(6-2)11-13-21;/h15H,5-14H2,1-4H3,(H2,17,18,19);1H. The van der Waals surface area contributed by atoms with E-state index in [0.29, 0.717) is 6.04 Å². The van der Waals surface area contributed by atoms with Gasteiger partial charge in [0.1, 0.15) is 0 Å². The lowest BCUT2D eigenvalue weighted by atomic mass is 10.2. The fraction of sp³-hybridized carbons (Fsp3) is 0.938. The van der Waals surface area contributed by atoms with E-state index in [1.165, 1.54) is 52.0 Å². The second kappa shape index (κ2) is 13.4. The molecule has 1 atom stereocenters. The quantitative estimate of drug-likeness (QED) is 0.270. The maximum absolute atomic E-state index is 4.30. The molecule has 6 heteroatoms. The minimum absolute atomic E-state index is 0. The maximum Gasteiger partial charge on any atom is 0.191 e. The SMILES string of the molecule is CCCCCNC(=NC)NCC(C)N1CCN(CC)CC1.I. The van der Waals surface area contributed by atoms with Crippen LogP contribution in [0.4, 0.5) is 0 Å². The predicted molar refractivity (Wildman–Crippen MR) is 107 cm³/mol. The highest BCUT2D eigenvalue weighted by molar-refractivity contribution is 14.0. The van der Waals surface area contributed by atoms with E-state index in [2.05, 4.69) is 46.2 Å². The van der Waals surface area contributed by atoms with E-state index in [4.69, 9.17) is 0 Å². The van der Waals surface area contributed by atoms with Crippen molar-refractivity contribution >= 4 is 29.9 Å². The highest BCUT2D eigenvalue weighted by Crippen LogP contribution is 2.05. The zero-order chi connectivity index (χ0) is 15.5. The van der Waals surface area contributed by atoms with Crippen molar-refractivity contribution < 1.29 is 0 Å². The highest BCUT2D eigenvalue weighted by Gasteiger charge is 2.19. The lowest BCUT2D eigenvalue weighted by Crippen LogP contribution is -2.53. The van der Waals surface area contributed by atoms with Crippen LogP contribution in [0.15, 0.2) is 4.99 Å². The smallest absolute Gasteiger partial charge is 0.191 e. The number of guanidine groups is 1. The first kappa shape index (κ1) is 21.9. The van der Waals surface area contributed by atoms with Gasteiger partial charge in [-0.1, -0.05) is 26.7 Å². The molecule has 0 aromatic carbocycles. The number of hydrogen-bond donors (Lipinski definition) is 2. The van der Waals surface area contributed by atoms with Gasteiger partial charge in [-0.2, -0.15) is 0 Å². The number of likely N-dealkylation sites (N-methyl/N-ethyl adjacent to an activating group) is 1. The van der Waals surface area contributed by atoms with Crippen molar-refractivity contribution in [3.63, 3.8) is 0 Å². The van der Waals surface area contributed by atoms with Crippen molar-refractivity contribution in [2.45, 2.75) is 46.1 Å². The fourth-order valence-electron chi connectivity index (χ4n) is 2.70. The zero-order valence-corrected chi connectivity index (χ0v) is 17.2. The Balaban J connectivity index is 0.00000441. The Labute approximate surface area is 154 Å². The van der Waals surface area contributed by atoms with Crippen molar-refractivity contribution in [3.8, 4) is 0 Å². The van der Waals surface area contributed by atoms with E-state index in [1.807, 2.05) is 7.05 Å². The molecular weight excluding hydrogens is 389 g/mol. The van der Waals surface area contributed by atoms with E-state index in [1.54, 1.807) is 0 Å². The third-order valence-corrected chi connectivity index (χ3v) is 4.34. The summed E-state index contributed by atoms with van der Waals surface area (Å²) in [5, 5.41) is 6.84. The summed E-state index contributed by atoms with van der Waals surface area (Å²) in [6.45, 7) is 14.7. The van der Waals surface area contributed by atoms with Crippen molar-refractivity contribution in [2.24, 2.45) is 4.99 Å². The molecule has 22 heavy (non-hydrogen) atoms. The van der Waals surface area contributed by atoms with Crippen LogP contribution in [-0.2, 0) is 0 Å². The van der Waals surface area contributed by atoms with Gasteiger partial charge >= 0.3 is 0 Å². The number of unbranched alkanes of at least 4 members (excludes halogenated alkanes) is 2. The highest BCUT2D eigenvalue weighted by atomic mass is 127. The van der Waals surface area contributed by atoms with E-state index < -0.39 is 0 Å². The van der Waals surface area contributed by atoms with Gasteiger partial charge in [-0.05, 0) is 19.9 Å². The number of aliphatic imine (C=N–C) groups is 1. The van der Waals surface area contributed by atoms with Crippen molar-refractivity contribution in [1.29, 1.82) is 0 Å². The molecule has 0 spiro atoms. The first-order chi connectivity index (χ1) is 10.2. The van der Waals surface area contributed by atoms with Crippen LogP contribution >= 0.6 is 24.0 Å². The molecule has 0 aromatic rings. The first-order valence-corrected chi connectivity index (χ1v) is 8.62. The molecule has 0 amide bonds. The first-order valence-electron chi connectivity index (χ1n) is 8.62. The fourth-order valence-corrected chi connectivity index (χ4v) is 2.70. The predicted octanol–water partition coefficient (Wildman–Crippen LogP) is 1.99. The molecule has 0 radical (unpaired) electrons. The monoisotopic (exact) mass is 425 g/mol. The minimum Gasteiger partial charge on any atom is -0.356 e. The normalized spacial score (nSPS) is 18.6. The van der Waals surface area contributed by atoms with Gasteiger partial charge < -0.3 is 15.5 Å². The second-order valence-electron chi connectivity index (χ2n) is 5.91. The Kier molecular flexibility index (Phi) is 13.3. The van der Waals surface area contributed by atoms with Gasteiger partial charge in [0.25, 0.3) is 0 Å². The van der Waals surface area contributed by atoms with Gasteiger partial charge in [-0.25, -0.2) is 0 Å². The van der Waals surface area contributed by atoms with Crippen LogP contribution in [0.3, 0.4) is 0 Å². The molecule has 5 nitrogen and oxygen atoms in total. The van der Waals surface area contributed by atoms with E-state index in [0.717, 1.165) is 19.0 Å². The van der Waals surface area contributed by atoms with Crippen LogP contribution in [0, 0.1) is 0 Å². The summed E-state index contributed by atoms with van der Waals surface area (Å²) in [5.74, 6) is 0.935. The van der Waals surface area contributed by atoms with Gasteiger partial charge in [0, 0.05) is 52.4 Å². The topological polar surface area (TPSA) is 42.9 Å². The summed E-state index contributed by atoms with van der Waals surface area (Å²) >= 11 is 0. The summed E-state index contributed by atoms with van der Waals surface area (Å²) in [7, 11) is 1.85. The molecule has 0 aromatic heterocycles. The Morgan fingerprint density at radius 1 is 1.09 bits per heavy atom. The molecule has 1 unspecified atom stereocenters. The maximum atomic E-state index is 4.30. The minimum atomic E-state index is 0. The molecule has 1 heterocycles. The van der Waals surface area contributed by atoms with Crippen molar-refractivity contribution in [2.75, 3.05) is 52.9 Å². The van der Waals surface area contributed by atoms with Crippen molar-refractivity contribution in [3.05, 3.63) is 0 Å². The van der Waals surface area contributed by atoms with E-state index >= 15 is 0 Å². The van der Waals surface area contributed by atoms with Gasteiger partial charge in [0.05, 0.1) is 0 Å².